The maximum absolute atomic E-state index is 12.2. The van der Waals surface area contributed by atoms with Gasteiger partial charge in [0.1, 0.15) is 5.75 Å². The van der Waals surface area contributed by atoms with Gasteiger partial charge in [0.15, 0.2) is 0 Å². The van der Waals surface area contributed by atoms with E-state index in [0.29, 0.717) is 5.56 Å². The van der Waals surface area contributed by atoms with Crippen LogP contribution in [0.15, 0.2) is 47.4 Å². The highest BCUT2D eigenvalue weighted by molar-refractivity contribution is 5.94. The first-order chi connectivity index (χ1) is 10.9. The Morgan fingerprint density at radius 3 is 2.35 bits per heavy atom. The number of rotatable bonds is 5. The van der Waals surface area contributed by atoms with Crippen molar-refractivity contribution in [3.05, 3.63) is 64.1 Å². The van der Waals surface area contributed by atoms with E-state index in [2.05, 4.69) is 5.32 Å². The number of nitrogens with zero attached hydrogens (tertiary/aromatic N) is 1. The predicted octanol–water partition coefficient (Wildman–Crippen LogP) is 2.66. The zero-order valence-corrected chi connectivity index (χ0v) is 13.9. The van der Waals surface area contributed by atoms with Gasteiger partial charge in [0, 0.05) is 24.9 Å². The van der Waals surface area contributed by atoms with Crippen LogP contribution in [0.25, 0.3) is 0 Å². The maximum Gasteiger partial charge on any atom is 0.252 e. The number of hydrogen-bond acceptors (Lipinski definition) is 3. The molecule has 1 aromatic heterocycles. The fraction of sp³-hybridized carbons (Fsp3) is 0.333. The number of carbonyl (C=O) groups is 1. The van der Waals surface area contributed by atoms with E-state index in [4.69, 9.17) is 4.74 Å². The van der Waals surface area contributed by atoms with Crippen molar-refractivity contribution >= 4 is 5.91 Å². The summed E-state index contributed by atoms with van der Waals surface area (Å²) in [5, 5.41) is 2.89. The summed E-state index contributed by atoms with van der Waals surface area (Å²) in [7, 11) is 1.65. The molecule has 1 aromatic carbocycles. The van der Waals surface area contributed by atoms with Crippen molar-refractivity contribution in [3.63, 3.8) is 0 Å². The molecule has 0 radical (unpaired) electrons. The number of amides is 1. The van der Waals surface area contributed by atoms with Crippen LogP contribution < -0.4 is 15.6 Å². The highest BCUT2D eigenvalue weighted by Gasteiger charge is 2.12. The van der Waals surface area contributed by atoms with Crippen molar-refractivity contribution in [1.82, 2.24) is 9.88 Å². The van der Waals surface area contributed by atoms with E-state index in [1.807, 2.05) is 45.0 Å². The molecule has 0 bridgehead atoms. The minimum Gasteiger partial charge on any atom is -0.491 e. The SMILES string of the molecule is CC(C)Oc1ccc(C(C)NC(=O)c2ccn(C)c(=O)c2)cc1. The van der Waals surface area contributed by atoms with Crippen LogP contribution in [0.2, 0.25) is 0 Å². The topological polar surface area (TPSA) is 60.3 Å². The average Bonchev–Trinajstić information content (AvgIpc) is 2.50. The lowest BCUT2D eigenvalue weighted by molar-refractivity contribution is 0.0939. The molecule has 1 atom stereocenters. The van der Waals surface area contributed by atoms with Crippen LogP contribution in [-0.4, -0.2) is 16.6 Å². The number of nitrogens with one attached hydrogen (secondary N) is 1. The van der Waals surface area contributed by atoms with Gasteiger partial charge in [-0.25, -0.2) is 0 Å². The molecule has 1 heterocycles. The lowest BCUT2D eigenvalue weighted by Gasteiger charge is -2.16. The zero-order valence-electron chi connectivity index (χ0n) is 13.9. The molecule has 1 N–H and O–H groups in total. The van der Waals surface area contributed by atoms with Gasteiger partial charge >= 0.3 is 0 Å². The van der Waals surface area contributed by atoms with E-state index in [0.717, 1.165) is 11.3 Å². The van der Waals surface area contributed by atoms with Gasteiger partial charge in [-0.15, -0.1) is 0 Å². The molecule has 23 heavy (non-hydrogen) atoms. The molecule has 122 valence electrons. The Labute approximate surface area is 135 Å². The largest absolute Gasteiger partial charge is 0.491 e. The van der Waals surface area contributed by atoms with Crippen molar-refractivity contribution < 1.29 is 9.53 Å². The van der Waals surface area contributed by atoms with Gasteiger partial charge in [-0.2, -0.15) is 0 Å². The summed E-state index contributed by atoms with van der Waals surface area (Å²) in [6.07, 6.45) is 1.71. The monoisotopic (exact) mass is 314 g/mol. The van der Waals surface area contributed by atoms with E-state index < -0.39 is 0 Å². The molecule has 2 aromatic rings. The highest BCUT2D eigenvalue weighted by atomic mass is 16.5. The Balaban J connectivity index is 2.05. The summed E-state index contributed by atoms with van der Waals surface area (Å²) in [5.74, 6) is 0.534. The number of hydrogen-bond donors (Lipinski definition) is 1. The third-order valence-electron chi connectivity index (χ3n) is 3.47. The Morgan fingerprint density at radius 1 is 1.13 bits per heavy atom. The smallest absolute Gasteiger partial charge is 0.252 e. The molecule has 1 unspecified atom stereocenters. The number of aryl methyl sites for hydroxylation is 1. The second-order valence-electron chi connectivity index (χ2n) is 5.80. The summed E-state index contributed by atoms with van der Waals surface area (Å²) in [5.41, 5.74) is 1.12. The van der Waals surface area contributed by atoms with Crippen molar-refractivity contribution in [2.75, 3.05) is 0 Å². The van der Waals surface area contributed by atoms with Gasteiger partial charge < -0.3 is 14.6 Å². The summed E-state index contributed by atoms with van der Waals surface area (Å²) in [4.78, 5) is 23.8. The Hall–Kier alpha value is -2.56. The van der Waals surface area contributed by atoms with E-state index >= 15 is 0 Å². The molecular formula is C18H22N2O3. The van der Waals surface area contributed by atoms with Crippen LogP contribution in [0.1, 0.15) is 42.7 Å². The van der Waals surface area contributed by atoms with Crippen LogP contribution >= 0.6 is 0 Å². The Morgan fingerprint density at radius 2 is 1.78 bits per heavy atom. The van der Waals surface area contributed by atoms with Gasteiger partial charge in [-0.3, -0.25) is 9.59 Å². The second kappa shape index (κ2) is 7.13. The van der Waals surface area contributed by atoms with Gasteiger partial charge in [-0.1, -0.05) is 12.1 Å². The quantitative estimate of drug-likeness (QED) is 0.923. The molecule has 0 spiro atoms. The van der Waals surface area contributed by atoms with Crippen molar-refractivity contribution in [3.8, 4) is 5.75 Å². The summed E-state index contributed by atoms with van der Waals surface area (Å²) in [6.45, 7) is 5.85. The predicted molar refractivity (Wildman–Crippen MR) is 89.8 cm³/mol. The number of ether oxygens (including phenoxy) is 1. The first-order valence-electron chi connectivity index (χ1n) is 7.61. The van der Waals surface area contributed by atoms with Crippen molar-refractivity contribution in [2.45, 2.75) is 32.9 Å². The molecular weight excluding hydrogens is 292 g/mol. The molecule has 5 heteroatoms. The molecule has 0 saturated carbocycles. The van der Waals surface area contributed by atoms with E-state index in [9.17, 15) is 9.59 Å². The van der Waals surface area contributed by atoms with Gasteiger partial charge in [0.25, 0.3) is 11.5 Å². The van der Waals surface area contributed by atoms with E-state index in [1.54, 1.807) is 19.3 Å². The standard InChI is InChI=1S/C18H22N2O3/c1-12(2)23-16-7-5-14(6-8-16)13(3)19-18(22)15-9-10-20(4)17(21)11-15/h5-13H,1-4H3,(H,19,22). The molecule has 0 aliphatic rings. The summed E-state index contributed by atoms with van der Waals surface area (Å²) < 4.78 is 7.02. The van der Waals surface area contributed by atoms with Gasteiger partial charge in [0.2, 0.25) is 0 Å². The van der Waals surface area contributed by atoms with Crippen molar-refractivity contribution in [1.29, 1.82) is 0 Å². The van der Waals surface area contributed by atoms with Crippen LogP contribution in [0, 0.1) is 0 Å². The van der Waals surface area contributed by atoms with Gasteiger partial charge in [0.05, 0.1) is 12.1 Å². The first kappa shape index (κ1) is 16.8. The summed E-state index contributed by atoms with van der Waals surface area (Å²) in [6, 6.07) is 10.4. The first-order valence-corrected chi connectivity index (χ1v) is 7.61. The van der Waals surface area contributed by atoms with Crippen LogP contribution in [0.5, 0.6) is 5.75 Å². The number of benzene rings is 1. The van der Waals surface area contributed by atoms with Crippen molar-refractivity contribution in [2.24, 2.45) is 7.05 Å². The maximum atomic E-state index is 12.2. The molecule has 0 fully saturated rings. The van der Waals surface area contributed by atoms with E-state index in [1.165, 1.54) is 10.6 Å². The van der Waals surface area contributed by atoms with Crippen LogP contribution in [0.4, 0.5) is 0 Å². The highest BCUT2D eigenvalue weighted by Crippen LogP contribution is 2.18. The Kier molecular flexibility index (Phi) is 5.21. The normalized spacial score (nSPS) is 12.0. The second-order valence-corrected chi connectivity index (χ2v) is 5.80. The third kappa shape index (κ3) is 4.45. The molecule has 2 rings (SSSR count). The zero-order chi connectivity index (χ0) is 17.0. The van der Waals surface area contributed by atoms with E-state index in [-0.39, 0.29) is 23.6 Å². The van der Waals surface area contributed by atoms with Crippen LogP contribution in [0.3, 0.4) is 0 Å². The lowest BCUT2D eigenvalue weighted by Crippen LogP contribution is -2.28. The average molecular weight is 314 g/mol. The van der Waals surface area contributed by atoms with Gasteiger partial charge in [-0.05, 0) is 44.5 Å². The number of carbonyl (C=O) groups excluding carboxylic acids is 1. The lowest BCUT2D eigenvalue weighted by atomic mass is 10.1. The minimum absolute atomic E-state index is 0.124. The molecule has 0 aliphatic carbocycles. The molecule has 0 saturated heterocycles. The number of pyridine rings is 1. The molecule has 1 amide bonds. The van der Waals surface area contributed by atoms with Crippen LogP contribution in [-0.2, 0) is 7.05 Å². The fourth-order valence-corrected chi connectivity index (χ4v) is 2.16. The molecule has 5 nitrogen and oxygen atoms in total. The number of aromatic nitrogens is 1. The fourth-order valence-electron chi connectivity index (χ4n) is 2.16. The third-order valence-corrected chi connectivity index (χ3v) is 3.47. The molecule has 0 aliphatic heterocycles. The Bertz CT molecular complexity index is 733. The summed E-state index contributed by atoms with van der Waals surface area (Å²) >= 11 is 0. The minimum atomic E-state index is -0.266.